The van der Waals surface area contributed by atoms with Crippen LogP contribution in [0, 0.1) is 6.92 Å². The van der Waals surface area contributed by atoms with E-state index < -0.39 is 0 Å². The third kappa shape index (κ3) is 2.36. The van der Waals surface area contributed by atoms with Gasteiger partial charge in [-0.15, -0.1) is 0 Å². The SMILES string of the molecule is COC(=O)c1ccccc1-c1cccc(C)c1. The predicted octanol–water partition coefficient (Wildman–Crippen LogP) is 3.45. The molecule has 0 aliphatic heterocycles. The van der Waals surface area contributed by atoms with Gasteiger partial charge in [-0.1, -0.05) is 48.0 Å². The van der Waals surface area contributed by atoms with Crippen LogP contribution in [0.25, 0.3) is 11.1 Å². The molecule has 0 heterocycles. The van der Waals surface area contributed by atoms with Crippen LogP contribution in [0.15, 0.2) is 48.5 Å². The summed E-state index contributed by atoms with van der Waals surface area (Å²) in [5.74, 6) is -0.304. The third-order valence-corrected chi connectivity index (χ3v) is 2.66. The van der Waals surface area contributed by atoms with Crippen LogP contribution in [0.2, 0.25) is 0 Å². The van der Waals surface area contributed by atoms with Crippen LogP contribution < -0.4 is 0 Å². The fraction of sp³-hybridized carbons (Fsp3) is 0.133. The van der Waals surface area contributed by atoms with Gasteiger partial charge in [0.25, 0.3) is 0 Å². The van der Waals surface area contributed by atoms with Gasteiger partial charge in [-0.3, -0.25) is 0 Å². The number of carbonyl (C=O) groups is 1. The number of hydrogen-bond acceptors (Lipinski definition) is 2. The van der Waals surface area contributed by atoms with E-state index in [1.54, 1.807) is 6.07 Å². The summed E-state index contributed by atoms with van der Waals surface area (Å²) >= 11 is 0. The van der Waals surface area contributed by atoms with Crippen LogP contribution in [-0.2, 0) is 4.74 Å². The maximum absolute atomic E-state index is 11.7. The van der Waals surface area contributed by atoms with E-state index in [1.807, 2.05) is 43.3 Å². The lowest BCUT2D eigenvalue weighted by Crippen LogP contribution is -2.03. The van der Waals surface area contributed by atoms with Crippen molar-refractivity contribution in [1.29, 1.82) is 0 Å². The maximum Gasteiger partial charge on any atom is 0.338 e. The number of ether oxygens (including phenoxy) is 1. The highest BCUT2D eigenvalue weighted by atomic mass is 16.5. The highest BCUT2D eigenvalue weighted by molar-refractivity contribution is 5.97. The summed E-state index contributed by atoms with van der Waals surface area (Å²) in [7, 11) is 1.40. The first-order chi connectivity index (χ1) is 8.22. The molecule has 2 aromatic carbocycles. The van der Waals surface area contributed by atoms with Crippen molar-refractivity contribution < 1.29 is 9.53 Å². The van der Waals surface area contributed by atoms with Gasteiger partial charge < -0.3 is 4.74 Å². The fourth-order valence-electron chi connectivity index (χ4n) is 1.84. The second-order valence-electron chi connectivity index (χ2n) is 3.91. The minimum absolute atomic E-state index is 0.304. The molecule has 0 aliphatic carbocycles. The Kier molecular flexibility index (Phi) is 3.24. The molecular weight excluding hydrogens is 212 g/mol. The van der Waals surface area contributed by atoms with Gasteiger partial charge in [-0.05, 0) is 24.1 Å². The average Bonchev–Trinajstić information content (AvgIpc) is 2.38. The number of aryl methyl sites for hydroxylation is 1. The second-order valence-corrected chi connectivity index (χ2v) is 3.91. The molecule has 0 saturated heterocycles. The Morgan fingerprint density at radius 2 is 1.82 bits per heavy atom. The lowest BCUT2D eigenvalue weighted by atomic mass is 9.98. The van der Waals surface area contributed by atoms with Gasteiger partial charge in [0, 0.05) is 0 Å². The number of hydrogen-bond donors (Lipinski definition) is 0. The molecule has 0 spiro atoms. The van der Waals surface area contributed by atoms with E-state index in [4.69, 9.17) is 4.74 Å². The Labute approximate surface area is 101 Å². The zero-order valence-electron chi connectivity index (χ0n) is 9.94. The Hall–Kier alpha value is -2.09. The summed E-state index contributed by atoms with van der Waals surface area (Å²) in [6.45, 7) is 2.03. The molecule has 0 radical (unpaired) electrons. The van der Waals surface area contributed by atoms with Crippen LogP contribution in [-0.4, -0.2) is 13.1 Å². The monoisotopic (exact) mass is 226 g/mol. The summed E-state index contributed by atoms with van der Waals surface area (Å²) in [5, 5.41) is 0. The van der Waals surface area contributed by atoms with E-state index in [0.717, 1.165) is 11.1 Å². The van der Waals surface area contributed by atoms with Gasteiger partial charge in [-0.25, -0.2) is 4.79 Å². The van der Waals surface area contributed by atoms with E-state index in [1.165, 1.54) is 12.7 Å². The summed E-state index contributed by atoms with van der Waals surface area (Å²) < 4.78 is 4.79. The van der Waals surface area contributed by atoms with E-state index in [-0.39, 0.29) is 5.97 Å². The van der Waals surface area contributed by atoms with Crippen molar-refractivity contribution in [2.45, 2.75) is 6.92 Å². The van der Waals surface area contributed by atoms with Gasteiger partial charge in [0.1, 0.15) is 0 Å². The molecule has 0 aromatic heterocycles. The first-order valence-corrected chi connectivity index (χ1v) is 5.47. The van der Waals surface area contributed by atoms with Crippen molar-refractivity contribution in [2.75, 3.05) is 7.11 Å². The first-order valence-electron chi connectivity index (χ1n) is 5.47. The molecule has 0 amide bonds. The molecule has 17 heavy (non-hydrogen) atoms. The predicted molar refractivity (Wildman–Crippen MR) is 68.0 cm³/mol. The molecule has 0 N–H and O–H groups in total. The normalized spacial score (nSPS) is 10.0. The maximum atomic E-state index is 11.7. The molecule has 2 nitrogen and oxygen atoms in total. The van der Waals surface area contributed by atoms with Crippen molar-refractivity contribution in [2.24, 2.45) is 0 Å². The number of rotatable bonds is 2. The Bertz CT molecular complexity index is 544. The van der Waals surface area contributed by atoms with Crippen molar-refractivity contribution in [3.63, 3.8) is 0 Å². The molecule has 0 aliphatic rings. The van der Waals surface area contributed by atoms with Crippen molar-refractivity contribution in [3.05, 3.63) is 59.7 Å². The zero-order valence-corrected chi connectivity index (χ0v) is 9.94. The lowest BCUT2D eigenvalue weighted by Gasteiger charge is -2.08. The topological polar surface area (TPSA) is 26.3 Å². The van der Waals surface area contributed by atoms with Crippen molar-refractivity contribution in [1.82, 2.24) is 0 Å². The minimum atomic E-state index is -0.304. The van der Waals surface area contributed by atoms with Gasteiger partial charge in [0.05, 0.1) is 12.7 Å². The second kappa shape index (κ2) is 4.83. The van der Waals surface area contributed by atoms with Crippen LogP contribution in [0.5, 0.6) is 0 Å². The fourth-order valence-corrected chi connectivity index (χ4v) is 1.84. The molecule has 0 fully saturated rings. The van der Waals surface area contributed by atoms with Crippen LogP contribution in [0.1, 0.15) is 15.9 Å². The van der Waals surface area contributed by atoms with Gasteiger partial charge >= 0.3 is 5.97 Å². The summed E-state index contributed by atoms with van der Waals surface area (Å²) in [6.07, 6.45) is 0. The van der Waals surface area contributed by atoms with Gasteiger partial charge in [0.2, 0.25) is 0 Å². The first kappa shape index (κ1) is 11.4. The molecular formula is C15H14O2. The largest absolute Gasteiger partial charge is 0.465 e. The van der Waals surface area contributed by atoms with Crippen molar-refractivity contribution >= 4 is 5.97 Å². The molecule has 2 heteroatoms. The Morgan fingerprint density at radius 1 is 1.06 bits per heavy atom. The average molecular weight is 226 g/mol. The molecule has 0 bridgehead atoms. The minimum Gasteiger partial charge on any atom is -0.465 e. The molecule has 86 valence electrons. The van der Waals surface area contributed by atoms with Crippen LogP contribution in [0.4, 0.5) is 0 Å². The van der Waals surface area contributed by atoms with E-state index in [2.05, 4.69) is 6.07 Å². The highest BCUT2D eigenvalue weighted by Crippen LogP contribution is 2.24. The van der Waals surface area contributed by atoms with Gasteiger partial charge in [0.15, 0.2) is 0 Å². The molecule has 0 atom stereocenters. The van der Waals surface area contributed by atoms with Gasteiger partial charge in [-0.2, -0.15) is 0 Å². The zero-order chi connectivity index (χ0) is 12.3. The number of methoxy groups -OCH3 is 1. The van der Waals surface area contributed by atoms with E-state index in [0.29, 0.717) is 5.56 Å². The summed E-state index contributed by atoms with van der Waals surface area (Å²) in [6, 6.07) is 15.5. The third-order valence-electron chi connectivity index (χ3n) is 2.66. The number of benzene rings is 2. The molecule has 2 rings (SSSR count). The van der Waals surface area contributed by atoms with E-state index in [9.17, 15) is 4.79 Å². The lowest BCUT2D eigenvalue weighted by molar-refractivity contribution is 0.0601. The van der Waals surface area contributed by atoms with Crippen LogP contribution in [0.3, 0.4) is 0 Å². The smallest absolute Gasteiger partial charge is 0.338 e. The molecule has 0 unspecified atom stereocenters. The number of carbonyl (C=O) groups excluding carboxylic acids is 1. The van der Waals surface area contributed by atoms with Crippen LogP contribution >= 0.6 is 0 Å². The standard InChI is InChI=1S/C15H14O2/c1-11-6-5-7-12(10-11)13-8-3-4-9-14(13)15(16)17-2/h3-10H,1-2H3. The highest BCUT2D eigenvalue weighted by Gasteiger charge is 2.11. The number of esters is 1. The summed E-state index contributed by atoms with van der Waals surface area (Å²) in [4.78, 5) is 11.7. The Morgan fingerprint density at radius 3 is 2.53 bits per heavy atom. The van der Waals surface area contributed by atoms with Crippen molar-refractivity contribution in [3.8, 4) is 11.1 Å². The summed E-state index contributed by atoms with van der Waals surface area (Å²) in [5.41, 5.74) is 3.71. The quantitative estimate of drug-likeness (QED) is 0.733. The molecule has 2 aromatic rings. The Balaban J connectivity index is 2.55. The van der Waals surface area contributed by atoms with E-state index >= 15 is 0 Å². The molecule has 0 saturated carbocycles.